The Morgan fingerprint density at radius 2 is 1.83 bits per heavy atom. The van der Waals surface area contributed by atoms with Crippen molar-refractivity contribution in [3.8, 4) is 0 Å². The summed E-state index contributed by atoms with van der Waals surface area (Å²) >= 11 is 0. The molecule has 0 aliphatic carbocycles. The highest BCUT2D eigenvalue weighted by molar-refractivity contribution is 7.86. The maximum Gasteiger partial charge on any atom is 0.311 e. The van der Waals surface area contributed by atoms with Gasteiger partial charge in [-0.2, -0.15) is 17.0 Å². The lowest BCUT2D eigenvalue weighted by Gasteiger charge is -2.42. The first kappa shape index (κ1) is 18.6. The van der Waals surface area contributed by atoms with E-state index in [4.69, 9.17) is 4.74 Å². The number of aliphatic carboxylic acids is 1. The number of methoxy groups -OCH3 is 1. The summed E-state index contributed by atoms with van der Waals surface area (Å²) in [6, 6.07) is 0. The highest BCUT2D eigenvalue weighted by Gasteiger charge is 2.46. The van der Waals surface area contributed by atoms with Gasteiger partial charge >= 0.3 is 5.97 Å². The molecule has 2 heterocycles. The fourth-order valence-electron chi connectivity index (χ4n) is 3.25. The number of carboxylic acid groups (broad SMARTS) is 1. The van der Waals surface area contributed by atoms with Crippen LogP contribution in [0.15, 0.2) is 0 Å². The van der Waals surface area contributed by atoms with Crippen LogP contribution < -0.4 is 0 Å². The van der Waals surface area contributed by atoms with Crippen LogP contribution in [-0.4, -0.2) is 93.0 Å². The molecular weight excluding hydrogens is 322 g/mol. The van der Waals surface area contributed by atoms with Crippen LogP contribution in [0.3, 0.4) is 0 Å². The van der Waals surface area contributed by atoms with Gasteiger partial charge in [-0.1, -0.05) is 0 Å². The average molecular weight is 349 g/mol. The topological polar surface area (TPSA) is 90.4 Å². The van der Waals surface area contributed by atoms with Crippen molar-refractivity contribution in [3.05, 3.63) is 0 Å². The summed E-state index contributed by atoms with van der Waals surface area (Å²) in [6.45, 7) is 3.02. The molecule has 8 nitrogen and oxygen atoms in total. The van der Waals surface area contributed by atoms with Gasteiger partial charge in [0.1, 0.15) is 0 Å². The van der Waals surface area contributed by atoms with Crippen LogP contribution in [0.2, 0.25) is 0 Å². The third-order valence-electron chi connectivity index (χ3n) is 4.90. The molecule has 0 radical (unpaired) electrons. The van der Waals surface area contributed by atoms with Crippen LogP contribution in [-0.2, 0) is 19.7 Å². The Hall–Kier alpha value is -0.740. The minimum Gasteiger partial charge on any atom is -0.481 e. The van der Waals surface area contributed by atoms with Crippen molar-refractivity contribution in [1.29, 1.82) is 0 Å². The SMILES string of the molecule is COCCC1(C(=O)O)CCCN(S(=O)(=O)N2CCN(C)CC2)C1. The van der Waals surface area contributed by atoms with E-state index in [1.54, 1.807) is 0 Å². The van der Waals surface area contributed by atoms with Crippen molar-refractivity contribution >= 4 is 16.2 Å². The van der Waals surface area contributed by atoms with Gasteiger partial charge in [-0.05, 0) is 26.3 Å². The van der Waals surface area contributed by atoms with E-state index in [1.807, 2.05) is 7.05 Å². The molecule has 1 atom stereocenters. The van der Waals surface area contributed by atoms with Gasteiger partial charge in [0.2, 0.25) is 0 Å². The van der Waals surface area contributed by atoms with E-state index in [9.17, 15) is 18.3 Å². The maximum atomic E-state index is 12.8. The summed E-state index contributed by atoms with van der Waals surface area (Å²) in [4.78, 5) is 13.9. The number of piperidine rings is 1. The lowest BCUT2D eigenvalue weighted by atomic mass is 9.78. The molecule has 2 fully saturated rings. The molecule has 2 rings (SSSR count). The van der Waals surface area contributed by atoms with E-state index in [2.05, 4.69) is 4.90 Å². The molecule has 0 aromatic carbocycles. The standard InChI is InChI=1S/C14H27N3O5S/c1-15-7-9-16(10-8-15)23(20,21)17-6-3-4-14(12-17,13(18)19)5-11-22-2/h3-12H2,1-2H3,(H,18,19). The summed E-state index contributed by atoms with van der Waals surface area (Å²) in [5, 5.41) is 9.65. The van der Waals surface area contributed by atoms with E-state index < -0.39 is 21.6 Å². The predicted octanol–water partition coefficient (Wildman–Crippen LogP) is -0.318. The van der Waals surface area contributed by atoms with Gasteiger partial charge in [0.25, 0.3) is 10.2 Å². The van der Waals surface area contributed by atoms with Crippen molar-refractivity contribution < 1.29 is 23.1 Å². The van der Waals surface area contributed by atoms with Crippen LogP contribution >= 0.6 is 0 Å². The summed E-state index contributed by atoms with van der Waals surface area (Å²) in [7, 11) is -0.114. The van der Waals surface area contributed by atoms with E-state index in [0.29, 0.717) is 58.6 Å². The number of nitrogens with zero attached hydrogens (tertiary/aromatic N) is 3. The average Bonchev–Trinajstić information content (AvgIpc) is 2.53. The molecule has 0 aromatic rings. The fourth-order valence-corrected chi connectivity index (χ4v) is 4.97. The first-order valence-corrected chi connectivity index (χ1v) is 9.38. The second-order valence-corrected chi connectivity index (χ2v) is 8.40. The first-order chi connectivity index (χ1) is 10.8. The van der Waals surface area contributed by atoms with E-state index in [-0.39, 0.29) is 6.54 Å². The lowest BCUT2D eigenvalue weighted by Crippen LogP contribution is -2.57. The molecule has 1 unspecified atom stereocenters. The van der Waals surface area contributed by atoms with Crippen LogP contribution in [0.1, 0.15) is 19.3 Å². The molecule has 23 heavy (non-hydrogen) atoms. The Labute approximate surface area is 138 Å². The summed E-state index contributed by atoms with van der Waals surface area (Å²) in [6.07, 6.45) is 1.37. The molecule has 9 heteroatoms. The lowest BCUT2D eigenvalue weighted by molar-refractivity contribution is -0.152. The molecule has 134 valence electrons. The monoisotopic (exact) mass is 349 g/mol. The van der Waals surface area contributed by atoms with Gasteiger partial charge in [0.05, 0.1) is 5.41 Å². The largest absolute Gasteiger partial charge is 0.481 e. The molecular formula is C14H27N3O5S. The van der Waals surface area contributed by atoms with E-state index in [1.165, 1.54) is 15.7 Å². The first-order valence-electron chi connectivity index (χ1n) is 7.98. The summed E-state index contributed by atoms with van der Waals surface area (Å²) in [5.41, 5.74) is -1.05. The number of carboxylic acids is 1. The van der Waals surface area contributed by atoms with Crippen molar-refractivity contribution in [2.75, 3.05) is 60.0 Å². The second-order valence-electron chi connectivity index (χ2n) is 6.48. The Balaban J connectivity index is 2.13. The molecule has 0 bridgehead atoms. The Bertz CT molecular complexity index is 519. The predicted molar refractivity (Wildman–Crippen MR) is 85.4 cm³/mol. The van der Waals surface area contributed by atoms with Crippen LogP contribution in [0.5, 0.6) is 0 Å². The Morgan fingerprint density at radius 3 is 2.39 bits per heavy atom. The third kappa shape index (κ3) is 4.03. The van der Waals surface area contributed by atoms with Gasteiger partial charge < -0.3 is 14.7 Å². The Morgan fingerprint density at radius 1 is 1.17 bits per heavy atom. The third-order valence-corrected chi connectivity index (χ3v) is 6.88. The van der Waals surface area contributed by atoms with Crippen molar-refractivity contribution in [2.24, 2.45) is 5.41 Å². The smallest absolute Gasteiger partial charge is 0.311 e. The number of carbonyl (C=O) groups is 1. The van der Waals surface area contributed by atoms with Crippen LogP contribution in [0, 0.1) is 5.41 Å². The number of hydrogen-bond donors (Lipinski definition) is 1. The van der Waals surface area contributed by atoms with Crippen molar-refractivity contribution in [2.45, 2.75) is 19.3 Å². The van der Waals surface area contributed by atoms with Crippen LogP contribution in [0.4, 0.5) is 0 Å². The highest BCUT2D eigenvalue weighted by atomic mass is 32.2. The molecule has 2 aliphatic heterocycles. The number of ether oxygens (including phenoxy) is 1. The normalized spacial score (nSPS) is 28.8. The minimum atomic E-state index is -3.60. The number of hydrogen-bond acceptors (Lipinski definition) is 5. The maximum absolute atomic E-state index is 12.8. The van der Waals surface area contributed by atoms with E-state index in [0.717, 1.165) is 0 Å². The molecule has 0 aromatic heterocycles. The second kappa shape index (κ2) is 7.43. The van der Waals surface area contributed by atoms with Crippen LogP contribution in [0.25, 0.3) is 0 Å². The number of rotatable bonds is 6. The quantitative estimate of drug-likeness (QED) is 0.707. The zero-order chi connectivity index (χ0) is 17.1. The van der Waals surface area contributed by atoms with Gasteiger partial charge in [-0.15, -0.1) is 0 Å². The van der Waals surface area contributed by atoms with Gasteiger partial charge in [0.15, 0.2) is 0 Å². The van der Waals surface area contributed by atoms with Crippen molar-refractivity contribution in [1.82, 2.24) is 13.5 Å². The molecule has 0 amide bonds. The summed E-state index contributed by atoms with van der Waals surface area (Å²) < 4.78 is 33.5. The van der Waals surface area contributed by atoms with Crippen molar-refractivity contribution in [3.63, 3.8) is 0 Å². The zero-order valence-corrected chi connectivity index (χ0v) is 14.7. The van der Waals surface area contributed by atoms with Gasteiger partial charge in [-0.3, -0.25) is 4.79 Å². The number of likely N-dealkylation sites (N-methyl/N-ethyl adjacent to an activating group) is 1. The summed E-state index contributed by atoms with van der Waals surface area (Å²) in [5.74, 6) is -0.937. The molecule has 0 saturated carbocycles. The van der Waals surface area contributed by atoms with Gasteiger partial charge in [0, 0.05) is 53.0 Å². The highest BCUT2D eigenvalue weighted by Crippen LogP contribution is 2.35. The van der Waals surface area contributed by atoms with Gasteiger partial charge in [-0.25, -0.2) is 0 Å². The fraction of sp³-hybridized carbons (Fsp3) is 0.929. The molecule has 1 N–H and O–H groups in total. The molecule has 0 spiro atoms. The minimum absolute atomic E-state index is 0.0281. The number of piperazine rings is 1. The zero-order valence-electron chi connectivity index (χ0n) is 13.9. The molecule has 2 saturated heterocycles. The van der Waals surface area contributed by atoms with E-state index >= 15 is 0 Å². The Kier molecular flexibility index (Phi) is 6.01. The molecule has 2 aliphatic rings.